The highest BCUT2D eigenvalue weighted by atomic mass is 16.6. The Morgan fingerprint density at radius 1 is 1.04 bits per heavy atom. The van der Waals surface area contributed by atoms with E-state index in [1.165, 1.54) is 21.1 Å². The molecule has 0 atom stereocenters. The summed E-state index contributed by atoms with van der Waals surface area (Å²) in [6.45, 7) is 1.28. The predicted octanol–water partition coefficient (Wildman–Crippen LogP) is 2.89. The molecule has 3 aromatic rings. The molecule has 2 aromatic carbocycles. The lowest BCUT2D eigenvalue weighted by molar-refractivity contribution is -0.131. The Hall–Kier alpha value is -3.02. The first-order chi connectivity index (χ1) is 11.0. The van der Waals surface area contributed by atoms with E-state index in [2.05, 4.69) is 0 Å². The molecule has 0 aliphatic carbocycles. The van der Waals surface area contributed by atoms with Gasteiger partial charge in [-0.25, -0.2) is 4.79 Å². The molecule has 23 heavy (non-hydrogen) atoms. The number of ether oxygens (including phenoxy) is 3. The first-order valence-electron chi connectivity index (χ1n) is 6.85. The molecule has 0 aliphatic rings. The fourth-order valence-corrected chi connectivity index (χ4v) is 2.48. The quantitative estimate of drug-likeness (QED) is 0.320. The number of carbonyl (C=O) groups excluding carboxylic acids is 1. The van der Waals surface area contributed by atoms with Crippen LogP contribution in [0.4, 0.5) is 0 Å². The molecule has 6 heteroatoms. The Morgan fingerprint density at radius 3 is 2.48 bits per heavy atom. The van der Waals surface area contributed by atoms with Gasteiger partial charge in [0.25, 0.3) is 0 Å². The van der Waals surface area contributed by atoms with Crippen molar-refractivity contribution in [1.29, 1.82) is 0 Å². The van der Waals surface area contributed by atoms with E-state index in [1.807, 2.05) is 0 Å². The summed E-state index contributed by atoms with van der Waals surface area (Å²) in [5.41, 5.74) is -0.154. The summed E-state index contributed by atoms with van der Waals surface area (Å²) in [5, 5.41) is 1.33. The molecule has 0 spiro atoms. The predicted molar refractivity (Wildman–Crippen MR) is 84.4 cm³/mol. The molecule has 0 saturated heterocycles. The van der Waals surface area contributed by atoms with E-state index in [-0.39, 0.29) is 5.75 Å². The lowest BCUT2D eigenvalue weighted by Gasteiger charge is -2.12. The van der Waals surface area contributed by atoms with Crippen LogP contribution in [0.3, 0.4) is 0 Å². The Labute approximate surface area is 131 Å². The molecule has 0 radical (unpaired) electrons. The summed E-state index contributed by atoms with van der Waals surface area (Å²) in [4.78, 5) is 23.7. The Morgan fingerprint density at radius 2 is 1.83 bits per heavy atom. The van der Waals surface area contributed by atoms with Gasteiger partial charge in [0.2, 0.25) is 0 Å². The molecule has 1 heterocycles. The number of benzene rings is 2. The highest BCUT2D eigenvalue weighted by molar-refractivity contribution is 6.09. The maximum Gasteiger partial charge on any atom is 0.344 e. The van der Waals surface area contributed by atoms with Crippen molar-refractivity contribution in [2.45, 2.75) is 6.92 Å². The molecule has 0 fully saturated rings. The fourth-order valence-electron chi connectivity index (χ4n) is 2.48. The summed E-state index contributed by atoms with van der Waals surface area (Å²) in [7, 11) is 3.00. The first kappa shape index (κ1) is 14.9. The van der Waals surface area contributed by atoms with Crippen molar-refractivity contribution in [2.24, 2.45) is 0 Å². The SMILES string of the molecule is COc1ccc2oc(=O)c3ccc(OC)c(OC(C)=O)c3c2c1. The molecule has 0 bridgehead atoms. The van der Waals surface area contributed by atoms with Gasteiger partial charge in [-0.3, -0.25) is 4.79 Å². The number of hydrogen-bond donors (Lipinski definition) is 0. The third-order valence-corrected chi connectivity index (χ3v) is 3.47. The minimum absolute atomic E-state index is 0.184. The summed E-state index contributed by atoms with van der Waals surface area (Å²) in [5.74, 6) is 0.607. The van der Waals surface area contributed by atoms with Gasteiger partial charge in [0.15, 0.2) is 11.5 Å². The summed E-state index contributed by atoms with van der Waals surface area (Å²) in [6, 6.07) is 8.16. The summed E-state index contributed by atoms with van der Waals surface area (Å²) in [6.07, 6.45) is 0. The van der Waals surface area contributed by atoms with Gasteiger partial charge in [-0.15, -0.1) is 0 Å². The maximum atomic E-state index is 12.2. The van der Waals surface area contributed by atoms with Gasteiger partial charge in [0.1, 0.15) is 11.3 Å². The van der Waals surface area contributed by atoms with Crippen molar-refractivity contribution in [1.82, 2.24) is 0 Å². The second-order valence-corrected chi connectivity index (χ2v) is 4.86. The van der Waals surface area contributed by atoms with Crippen LogP contribution in [0.1, 0.15) is 6.92 Å². The molecule has 1 aromatic heterocycles. The zero-order valence-corrected chi connectivity index (χ0v) is 12.8. The molecule has 0 N–H and O–H groups in total. The maximum absolute atomic E-state index is 12.2. The molecule has 6 nitrogen and oxygen atoms in total. The lowest BCUT2D eigenvalue weighted by Crippen LogP contribution is -2.07. The third kappa shape index (κ3) is 2.48. The zero-order valence-electron chi connectivity index (χ0n) is 12.8. The van der Waals surface area contributed by atoms with E-state index >= 15 is 0 Å². The van der Waals surface area contributed by atoms with Crippen LogP contribution in [0.2, 0.25) is 0 Å². The normalized spacial score (nSPS) is 10.7. The second-order valence-electron chi connectivity index (χ2n) is 4.86. The van der Waals surface area contributed by atoms with Gasteiger partial charge >= 0.3 is 11.6 Å². The molecular formula is C17H14O6. The van der Waals surface area contributed by atoms with Crippen molar-refractivity contribution in [2.75, 3.05) is 14.2 Å². The Balaban J connectivity index is 2.53. The third-order valence-electron chi connectivity index (χ3n) is 3.47. The molecule has 118 valence electrons. The van der Waals surface area contributed by atoms with E-state index in [1.54, 1.807) is 30.3 Å². The number of fused-ring (bicyclic) bond motifs is 3. The van der Waals surface area contributed by atoms with Gasteiger partial charge < -0.3 is 18.6 Å². The first-order valence-corrected chi connectivity index (χ1v) is 6.85. The van der Waals surface area contributed by atoms with Crippen LogP contribution in [0.15, 0.2) is 39.5 Å². The van der Waals surface area contributed by atoms with E-state index < -0.39 is 11.6 Å². The van der Waals surface area contributed by atoms with Crippen LogP contribution in [0, 0.1) is 0 Å². The van der Waals surface area contributed by atoms with Gasteiger partial charge in [-0.1, -0.05) is 0 Å². The van der Waals surface area contributed by atoms with E-state index in [4.69, 9.17) is 18.6 Å². The minimum atomic E-state index is -0.520. The molecule has 0 amide bonds. The van der Waals surface area contributed by atoms with E-state index in [0.717, 1.165) is 0 Å². The van der Waals surface area contributed by atoms with Crippen molar-refractivity contribution in [3.8, 4) is 17.2 Å². The smallest absolute Gasteiger partial charge is 0.344 e. The highest BCUT2D eigenvalue weighted by Crippen LogP contribution is 2.39. The topological polar surface area (TPSA) is 75.0 Å². The number of rotatable bonds is 3. The average Bonchev–Trinajstić information content (AvgIpc) is 2.54. The minimum Gasteiger partial charge on any atom is -0.497 e. The van der Waals surface area contributed by atoms with Crippen LogP contribution in [0.5, 0.6) is 17.2 Å². The van der Waals surface area contributed by atoms with Crippen LogP contribution in [-0.4, -0.2) is 20.2 Å². The number of hydrogen-bond acceptors (Lipinski definition) is 6. The molecule has 0 saturated carbocycles. The van der Waals surface area contributed by atoms with Crippen molar-refractivity contribution >= 4 is 27.7 Å². The largest absolute Gasteiger partial charge is 0.497 e. The highest BCUT2D eigenvalue weighted by Gasteiger charge is 2.18. The number of carbonyl (C=O) groups is 1. The van der Waals surface area contributed by atoms with Crippen molar-refractivity contribution < 1.29 is 23.4 Å². The van der Waals surface area contributed by atoms with Gasteiger partial charge in [0.05, 0.1) is 19.6 Å². The molecule has 3 rings (SSSR count). The van der Waals surface area contributed by atoms with Crippen LogP contribution >= 0.6 is 0 Å². The summed E-state index contributed by atoms with van der Waals surface area (Å²) >= 11 is 0. The number of esters is 1. The Bertz CT molecular complexity index is 970. The second kappa shape index (κ2) is 5.64. The van der Waals surface area contributed by atoms with Crippen molar-refractivity contribution in [3.63, 3.8) is 0 Å². The van der Waals surface area contributed by atoms with Crippen molar-refractivity contribution in [3.05, 3.63) is 40.8 Å². The van der Waals surface area contributed by atoms with Gasteiger partial charge in [0, 0.05) is 17.7 Å². The van der Waals surface area contributed by atoms with Crippen LogP contribution in [0.25, 0.3) is 21.7 Å². The Kier molecular flexibility index (Phi) is 3.65. The van der Waals surface area contributed by atoms with Gasteiger partial charge in [-0.05, 0) is 30.3 Å². The monoisotopic (exact) mass is 314 g/mol. The average molecular weight is 314 g/mol. The van der Waals surface area contributed by atoms with Crippen LogP contribution < -0.4 is 19.8 Å². The van der Waals surface area contributed by atoms with E-state index in [0.29, 0.717) is 33.2 Å². The standard InChI is InChI=1S/C17H14O6/c1-9(18)22-16-14(21-3)7-5-11-15(16)12-8-10(20-2)4-6-13(12)23-17(11)19/h4-8H,1-3H3. The van der Waals surface area contributed by atoms with Gasteiger partial charge in [-0.2, -0.15) is 0 Å². The summed E-state index contributed by atoms with van der Waals surface area (Å²) < 4.78 is 21.1. The zero-order chi connectivity index (χ0) is 16.6. The molecule has 0 unspecified atom stereocenters. The molecular weight excluding hydrogens is 300 g/mol. The van der Waals surface area contributed by atoms with Crippen LogP contribution in [-0.2, 0) is 4.79 Å². The fraction of sp³-hybridized carbons (Fsp3) is 0.176. The lowest BCUT2D eigenvalue weighted by atomic mass is 10.1. The number of methoxy groups -OCH3 is 2. The van der Waals surface area contributed by atoms with E-state index in [9.17, 15) is 9.59 Å². The molecule has 0 aliphatic heterocycles.